The maximum Gasteiger partial charge on any atom is 0.238 e. The molecule has 8 nitrogen and oxygen atoms in total. The Hall–Kier alpha value is -3.23. The lowest BCUT2D eigenvalue weighted by Crippen LogP contribution is -2.60. The zero-order valence-corrected chi connectivity index (χ0v) is 18.6. The van der Waals surface area contributed by atoms with Crippen molar-refractivity contribution in [3.63, 3.8) is 0 Å². The fourth-order valence-corrected chi connectivity index (χ4v) is 4.24. The molecule has 168 valence electrons. The highest BCUT2D eigenvalue weighted by molar-refractivity contribution is 5.84. The monoisotopic (exact) mass is 434 g/mol. The van der Waals surface area contributed by atoms with Crippen molar-refractivity contribution < 1.29 is 9.59 Å². The lowest BCUT2D eigenvalue weighted by molar-refractivity contribution is -0.131. The van der Waals surface area contributed by atoms with Gasteiger partial charge in [-0.3, -0.25) is 19.4 Å². The number of benzene rings is 2. The number of aromatic nitrogens is 2. The Kier molecular flexibility index (Phi) is 6.82. The van der Waals surface area contributed by atoms with Crippen molar-refractivity contribution in [2.24, 2.45) is 7.05 Å². The third-order valence-electron chi connectivity index (χ3n) is 6.04. The van der Waals surface area contributed by atoms with Gasteiger partial charge in [-0.2, -0.15) is 0 Å². The van der Waals surface area contributed by atoms with Gasteiger partial charge in [0.2, 0.25) is 11.8 Å². The number of amides is 2. The molecule has 0 radical (unpaired) electrons. The summed E-state index contributed by atoms with van der Waals surface area (Å²) >= 11 is 0. The summed E-state index contributed by atoms with van der Waals surface area (Å²) < 4.78 is 1.99. The molecule has 0 unspecified atom stereocenters. The first-order valence-corrected chi connectivity index (χ1v) is 10.9. The first-order chi connectivity index (χ1) is 15.5. The molecular formula is C24H30N6O2. The minimum atomic E-state index is -0.362. The van der Waals surface area contributed by atoms with Crippen molar-refractivity contribution in [2.45, 2.75) is 19.1 Å². The molecule has 1 aromatic heterocycles. The van der Waals surface area contributed by atoms with Crippen LogP contribution in [0.2, 0.25) is 0 Å². The fraction of sp³-hybridized carbons (Fsp3) is 0.375. The summed E-state index contributed by atoms with van der Waals surface area (Å²) in [6.07, 6.45) is 0. The number of para-hydroxylation sites is 2. The summed E-state index contributed by atoms with van der Waals surface area (Å²) in [6, 6.07) is 17.8. The van der Waals surface area contributed by atoms with E-state index in [1.807, 2.05) is 59.0 Å². The lowest BCUT2D eigenvalue weighted by atomic mass is 10.1. The van der Waals surface area contributed by atoms with E-state index in [0.717, 1.165) is 29.9 Å². The number of hydrogen-bond donors (Lipinski definition) is 2. The summed E-state index contributed by atoms with van der Waals surface area (Å²) in [4.78, 5) is 34.1. The normalized spacial score (nSPS) is 17.4. The molecule has 0 spiro atoms. The summed E-state index contributed by atoms with van der Waals surface area (Å²) in [6.45, 7) is 3.38. The number of rotatable bonds is 7. The third-order valence-corrected chi connectivity index (χ3v) is 6.04. The number of aryl methyl sites for hydroxylation is 1. The first-order valence-electron chi connectivity index (χ1n) is 10.9. The molecule has 0 saturated carbocycles. The topological polar surface area (TPSA) is 82.5 Å². The van der Waals surface area contributed by atoms with Gasteiger partial charge in [0.05, 0.1) is 24.1 Å². The molecule has 1 aliphatic heterocycles. The quantitative estimate of drug-likeness (QED) is 0.583. The molecule has 1 atom stereocenters. The van der Waals surface area contributed by atoms with Crippen molar-refractivity contribution >= 4 is 22.8 Å². The van der Waals surface area contributed by atoms with Crippen molar-refractivity contribution in [3.05, 3.63) is 66.0 Å². The van der Waals surface area contributed by atoms with Gasteiger partial charge < -0.3 is 15.2 Å². The molecule has 4 rings (SSSR count). The molecule has 2 heterocycles. The number of likely N-dealkylation sites (N-methyl/N-ethyl adjacent to an activating group) is 1. The molecule has 2 aromatic carbocycles. The molecular weight excluding hydrogens is 404 g/mol. The standard InChI is InChI=1S/C24H30N6O2/c1-25-24(32)21-16-29(15-18-8-4-3-5-9-18)12-13-30(21)17-23(31)26-14-22-27-19-10-6-7-11-20(19)28(22)2/h3-11,21H,12-17H2,1-2H3,(H,25,32)(H,26,31)/t21-/m0/s1. The predicted octanol–water partition coefficient (Wildman–Crippen LogP) is 1.12. The van der Waals surface area contributed by atoms with E-state index < -0.39 is 0 Å². The minimum absolute atomic E-state index is 0.0640. The Morgan fingerprint density at radius 1 is 1.06 bits per heavy atom. The van der Waals surface area contributed by atoms with Crippen molar-refractivity contribution in [2.75, 3.05) is 33.2 Å². The minimum Gasteiger partial charge on any atom is -0.358 e. The SMILES string of the molecule is CNC(=O)[C@@H]1CN(Cc2ccccc2)CCN1CC(=O)NCc1nc2ccccc2n1C. The number of carbonyl (C=O) groups is 2. The van der Waals surface area contributed by atoms with Crippen molar-refractivity contribution in [3.8, 4) is 0 Å². The predicted molar refractivity (Wildman–Crippen MR) is 124 cm³/mol. The van der Waals surface area contributed by atoms with E-state index >= 15 is 0 Å². The Bertz CT molecular complexity index is 1080. The van der Waals surface area contributed by atoms with Crippen LogP contribution in [0, 0.1) is 0 Å². The second kappa shape index (κ2) is 9.93. The highest BCUT2D eigenvalue weighted by Gasteiger charge is 2.32. The highest BCUT2D eigenvalue weighted by Crippen LogP contribution is 2.15. The van der Waals surface area contributed by atoms with Crippen LogP contribution in [0.4, 0.5) is 0 Å². The molecule has 1 fully saturated rings. The van der Waals surface area contributed by atoms with Crippen LogP contribution in [0.1, 0.15) is 11.4 Å². The molecule has 0 aliphatic carbocycles. The van der Waals surface area contributed by atoms with Crippen LogP contribution in [0.25, 0.3) is 11.0 Å². The Morgan fingerprint density at radius 3 is 2.56 bits per heavy atom. The molecule has 3 aromatic rings. The number of nitrogens with zero attached hydrogens (tertiary/aromatic N) is 4. The van der Waals surface area contributed by atoms with Gasteiger partial charge in [-0.05, 0) is 17.7 Å². The summed E-state index contributed by atoms with van der Waals surface area (Å²) in [5.74, 6) is 0.628. The van der Waals surface area contributed by atoms with E-state index in [2.05, 4.69) is 32.7 Å². The van der Waals surface area contributed by atoms with Crippen LogP contribution in [-0.2, 0) is 29.7 Å². The number of imidazole rings is 1. The second-order valence-electron chi connectivity index (χ2n) is 8.17. The van der Waals surface area contributed by atoms with E-state index in [1.54, 1.807) is 7.05 Å². The Labute approximate surface area is 188 Å². The zero-order valence-electron chi connectivity index (χ0n) is 18.6. The molecule has 1 aliphatic rings. The van der Waals surface area contributed by atoms with Gasteiger partial charge in [0.25, 0.3) is 0 Å². The number of carbonyl (C=O) groups excluding carboxylic acids is 2. The van der Waals surface area contributed by atoms with Crippen LogP contribution >= 0.6 is 0 Å². The third kappa shape index (κ3) is 4.98. The van der Waals surface area contributed by atoms with E-state index in [0.29, 0.717) is 19.6 Å². The number of nitrogens with one attached hydrogen (secondary N) is 2. The molecule has 8 heteroatoms. The molecule has 1 saturated heterocycles. The number of hydrogen-bond acceptors (Lipinski definition) is 5. The van der Waals surface area contributed by atoms with Gasteiger partial charge >= 0.3 is 0 Å². The first kappa shape index (κ1) is 22.0. The Morgan fingerprint density at radius 2 is 1.81 bits per heavy atom. The molecule has 2 N–H and O–H groups in total. The van der Waals surface area contributed by atoms with Crippen LogP contribution in [0.15, 0.2) is 54.6 Å². The van der Waals surface area contributed by atoms with Gasteiger partial charge in [0.15, 0.2) is 0 Å². The summed E-state index contributed by atoms with van der Waals surface area (Å²) in [5, 5.41) is 5.72. The lowest BCUT2D eigenvalue weighted by Gasteiger charge is -2.40. The number of piperazine rings is 1. The highest BCUT2D eigenvalue weighted by atomic mass is 16.2. The average molecular weight is 435 g/mol. The molecule has 2 amide bonds. The van der Waals surface area contributed by atoms with Crippen LogP contribution in [-0.4, -0.2) is 70.4 Å². The molecule has 0 bridgehead atoms. The maximum absolute atomic E-state index is 12.7. The van der Waals surface area contributed by atoms with Gasteiger partial charge in [-0.15, -0.1) is 0 Å². The largest absolute Gasteiger partial charge is 0.358 e. The van der Waals surface area contributed by atoms with Gasteiger partial charge in [-0.25, -0.2) is 4.98 Å². The smallest absolute Gasteiger partial charge is 0.238 e. The summed E-state index contributed by atoms with van der Waals surface area (Å²) in [5.41, 5.74) is 3.16. The number of fused-ring (bicyclic) bond motifs is 1. The van der Waals surface area contributed by atoms with E-state index in [4.69, 9.17) is 0 Å². The maximum atomic E-state index is 12.7. The van der Waals surface area contributed by atoms with E-state index in [9.17, 15) is 9.59 Å². The van der Waals surface area contributed by atoms with Gasteiger partial charge in [-0.1, -0.05) is 42.5 Å². The van der Waals surface area contributed by atoms with Crippen LogP contribution < -0.4 is 10.6 Å². The van der Waals surface area contributed by atoms with Gasteiger partial charge in [0.1, 0.15) is 11.9 Å². The zero-order chi connectivity index (χ0) is 22.5. The van der Waals surface area contributed by atoms with Crippen LogP contribution in [0.5, 0.6) is 0 Å². The summed E-state index contributed by atoms with van der Waals surface area (Å²) in [7, 11) is 3.59. The van der Waals surface area contributed by atoms with Crippen molar-refractivity contribution in [1.29, 1.82) is 0 Å². The van der Waals surface area contributed by atoms with Crippen molar-refractivity contribution in [1.82, 2.24) is 30.0 Å². The van der Waals surface area contributed by atoms with Gasteiger partial charge in [0, 0.05) is 40.3 Å². The van der Waals surface area contributed by atoms with E-state index in [1.165, 1.54) is 5.56 Å². The molecule has 32 heavy (non-hydrogen) atoms. The second-order valence-corrected chi connectivity index (χ2v) is 8.17. The van der Waals surface area contributed by atoms with Crippen LogP contribution in [0.3, 0.4) is 0 Å². The fourth-order valence-electron chi connectivity index (χ4n) is 4.24. The van der Waals surface area contributed by atoms with E-state index in [-0.39, 0.29) is 24.4 Å². The average Bonchev–Trinajstić information content (AvgIpc) is 3.14. The Balaban J connectivity index is 1.35.